The Morgan fingerprint density at radius 1 is 1.24 bits per heavy atom. The van der Waals surface area contributed by atoms with Crippen LogP contribution in [0.15, 0.2) is 42.5 Å². The number of carbonyl (C=O) groups excluding carboxylic acids is 2. The number of hydrogen-bond donors (Lipinski definition) is 0. The van der Waals surface area contributed by atoms with E-state index in [-0.39, 0.29) is 24.1 Å². The number of amides is 1. The summed E-state index contributed by atoms with van der Waals surface area (Å²) < 4.78 is 13.2. The average molecular weight is 283 g/mol. The van der Waals surface area contributed by atoms with Gasteiger partial charge in [-0.1, -0.05) is 18.2 Å². The molecule has 0 saturated heterocycles. The molecule has 0 aromatic heterocycles. The number of hydrogen-bond acceptors (Lipinski definition) is 2. The lowest BCUT2D eigenvalue weighted by molar-refractivity contribution is 0.0729. The fourth-order valence-corrected chi connectivity index (χ4v) is 2.53. The molecule has 21 heavy (non-hydrogen) atoms. The van der Waals surface area contributed by atoms with Gasteiger partial charge in [-0.05, 0) is 42.3 Å². The van der Waals surface area contributed by atoms with E-state index in [1.165, 1.54) is 23.1 Å². The van der Waals surface area contributed by atoms with Gasteiger partial charge in [0, 0.05) is 17.7 Å². The first-order valence-corrected chi connectivity index (χ1v) is 6.73. The van der Waals surface area contributed by atoms with E-state index in [1.54, 1.807) is 13.0 Å². The van der Waals surface area contributed by atoms with E-state index in [9.17, 15) is 14.0 Å². The van der Waals surface area contributed by atoms with Gasteiger partial charge in [-0.25, -0.2) is 4.39 Å². The summed E-state index contributed by atoms with van der Waals surface area (Å²) in [5.74, 6) is -0.645. The van der Waals surface area contributed by atoms with Gasteiger partial charge < -0.3 is 4.90 Å². The van der Waals surface area contributed by atoms with Gasteiger partial charge in [0.2, 0.25) is 0 Å². The molecule has 0 aliphatic carbocycles. The Hall–Kier alpha value is -2.49. The molecule has 2 aromatic carbocycles. The molecule has 3 rings (SSSR count). The molecule has 0 N–H and O–H groups in total. The van der Waals surface area contributed by atoms with Crippen LogP contribution in [0.5, 0.6) is 0 Å². The number of ketones is 1. The lowest BCUT2D eigenvalue weighted by atomic mass is 10.1. The van der Waals surface area contributed by atoms with Crippen LogP contribution in [0, 0.1) is 12.7 Å². The zero-order valence-electron chi connectivity index (χ0n) is 11.6. The highest BCUT2D eigenvalue weighted by Gasteiger charge is 2.28. The van der Waals surface area contributed by atoms with Gasteiger partial charge in [0.25, 0.3) is 5.91 Å². The van der Waals surface area contributed by atoms with Crippen LogP contribution in [-0.4, -0.2) is 23.1 Å². The third-order valence-electron chi connectivity index (χ3n) is 3.71. The molecule has 2 aromatic rings. The van der Waals surface area contributed by atoms with E-state index in [2.05, 4.69) is 0 Å². The molecule has 1 amide bonds. The lowest BCUT2D eigenvalue weighted by Crippen LogP contribution is -2.30. The molecule has 0 spiro atoms. The largest absolute Gasteiger partial charge is 0.327 e. The zero-order valence-corrected chi connectivity index (χ0v) is 11.6. The van der Waals surface area contributed by atoms with Crippen molar-refractivity contribution in [1.82, 2.24) is 4.90 Å². The van der Waals surface area contributed by atoms with Crippen molar-refractivity contribution in [2.45, 2.75) is 13.5 Å². The standard InChI is InChI=1S/C17H14FNO2/c1-11-8-12(6-7-15(11)18)16(20)10-19-9-13-4-2-3-5-14(13)17(19)21/h2-8H,9-10H2,1H3. The molecule has 0 atom stereocenters. The van der Waals surface area contributed by atoms with Crippen LogP contribution >= 0.6 is 0 Å². The minimum Gasteiger partial charge on any atom is -0.327 e. The first-order valence-electron chi connectivity index (χ1n) is 6.73. The third-order valence-corrected chi connectivity index (χ3v) is 3.71. The Balaban J connectivity index is 1.77. The van der Waals surface area contributed by atoms with Crippen LogP contribution in [0.4, 0.5) is 4.39 Å². The van der Waals surface area contributed by atoms with Gasteiger partial charge >= 0.3 is 0 Å². The maximum atomic E-state index is 13.2. The quantitative estimate of drug-likeness (QED) is 0.812. The highest BCUT2D eigenvalue weighted by Crippen LogP contribution is 2.22. The Labute approximate surface area is 122 Å². The van der Waals surface area contributed by atoms with Crippen LogP contribution in [-0.2, 0) is 6.54 Å². The molecule has 0 radical (unpaired) electrons. The summed E-state index contributed by atoms with van der Waals surface area (Å²) in [6.45, 7) is 2.07. The van der Waals surface area contributed by atoms with Crippen molar-refractivity contribution in [2.24, 2.45) is 0 Å². The summed E-state index contributed by atoms with van der Waals surface area (Å²) in [5, 5.41) is 0. The van der Waals surface area contributed by atoms with Crippen molar-refractivity contribution in [2.75, 3.05) is 6.54 Å². The summed E-state index contributed by atoms with van der Waals surface area (Å²) in [5.41, 5.74) is 2.45. The van der Waals surface area contributed by atoms with Gasteiger partial charge in [-0.3, -0.25) is 9.59 Å². The van der Waals surface area contributed by atoms with Crippen LogP contribution in [0.3, 0.4) is 0 Å². The van der Waals surface area contributed by atoms with Crippen LogP contribution in [0.2, 0.25) is 0 Å². The van der Waals surface area contributed by atoms with E-state index < -0.39 is 0 Å². The predicted molar refractivity (Wildman–Crippen MR) is 76.7 cm³/mol. The van der Waals surface area contributed by atoms with Crippen molar-refractivity contribution in [3.8, 4) is 0 Å². The predicted octanol–water partition coefficient (Wildman–Crippen LogP) is 2.97. The second-order valence-electron chi connectivity index (χ2n) is 5.21. The number of aryl methyl sites for hydroxylation is 1. The smallest absolute Gasteiger partial charge is 0.254 e. The van der Waals surface area contributed by atoms with Crippen molar-refractivity contribution >= 4 is 11.7 Å². The fourth-order valence-electron chi connectivity index (χ4n) is 2.53. The summed E-state index contributed by atoms with van der Waals surface area (Å²) >= 11 is 0. The number of benzene rings is 2. The minimum absolute atomic E-state index is 0.0125. The van der Waals surface area contributed by atoms with Crippen molar-refractivity contribution in [3.63, 3.8) is 0 Å². The van der Waals surface area contributed by atoms with Crippen molar-refractivity contribution in [3.05, 3.63) is 70.5 Å². The summed E-state index contributed by atoms with van der Waals surface area (Å²) in [7, 11) is 0. The van der Waals surface area contributed by atoms with E-state index in [1.807, 2.05) is 18.2 Å². The molecule has 0 bridgehead atoms. The average Bonchev–Trinajstić information content (AvgIpc) is 2.79. The van der Waals surface area contributed by atoms with Gasteiger partial charge in [0.15, 0.2) is 5.78 Å². The molecule has 1 aliphatic heterocycles. The molecule has 106 valence electrons. The Morgan fingerprint density at radius 3 is 2.71 bits per heavy atom. The lowest BCUT2D eigenvalue weighted by Gasteiger charge is -2.14. The fraction of sp³-hybridized carbons (Fsp3) is 0.176. The second kappa shape index (κ2) is 5.13. The zero-order chi connectivity index (χ0) is 15.0. The molecule has 0 fully saturated rings. The van der Waals surface area contributed by atoms with E-state index >= 15 is 0 Å². The molecule has 3 nitrogen and oxygen atoms in total. The topological polar surface area (TPSA) is 37.4 Å². The number of rotatable bonds is 3. The summed E-state index contributed by atoms with van der Waals surface area (Å²) in [6.07, 6.45) is 0. The van der Waals surface area contributed by atoms with Crippen LogP contribution in [0.1, 0.15) is 31.8 Å². The molecule has 1 heterocycles. The van der Waals surface area contributed by atoms with Crippen LogP contribution in [0.25, 0.3) is 0 Å². The molecule has 0 unspecified atom stereocenters. The van der Waals surface area contributed by atoms with Gasteiger partial charge in [0.05, 0.1) is 6.54 Å². The van der Waals surface area contributed by atoms with Crippen molar-refractivity contribution in [1.29, 1.82) is 0 Å². The molecule has 4 heteroatoms. The Bertz CT molecular complexity index is 739. The van der Waals surface area contributed by atoms with Crippen molar-refractivity contribution < 1.29 is 14.0 Å². The van der Waals surface area contributed by atoms with Gasteiger partial charge in [-0.2, -0.15) is 0 Å². The first kappa shape index (κ1) is 13.5. The highest BCUT2D eigenvalue weighted by atomic mass is 19.1. The number of halogens is 1. The monoisotopic (exact) mass is 283 g/mol. The molecular formula is C17H14FNO2. The number of Topliss-reactive ketones (excluding diaryl/α,β-unsaturated/α-hetero) is 1. The van der Waals surface area contributed by atoms with Gasteiger partial charge in [0.1, 0.15) is 5.82 Å². The van der Waals surface area contributed by atoms with Crippen LogP contribution < -0.4 is 0 Å². The normalized spacial score (nSPS) is 13.4. The molecular weight excluding hydrogens is 269 g/mol. The third kappa shape index (κ3) is 2.44. The van der Waals surface area contributed by atoms with Gasteiger partial charge in [-0.15, -0.1) is 0 Å². The number of carbonyl (C=O) groups is 2. The molecule has 1 aliphatic rings. The highest BCUT2D eigenvalue weighted by molar-refractivity contribution is 6.04. The minimum atomic E-state index is -0.337. The SMILES string of the molecule is Cc1cc(C(=O)CN2Cc3ccccc3C2=O)ccc1F. The summed E-state index contributed by atoms with van der Waals surface area (Å²) in [6, 6.07) is 11.6. The van der Waals surface area contributed by atoms with E-state index in [0.717, 1.165) is 5.56 Å². The second-order valence-corrected chi connectivity index (χ2v) is 5.21. The maximum absolute atomic E-state index is 13.2. The Morgan fingerprint density at radius 2 is 2.00 bits per heavy atom. The summed E-state index contributed by atoms with van der Waals surface area (Å²) in [4.78, 5) is 26.0. The first-order chi connectivity index (χ1) is 10.1. The number of nitrogens with zero attached hydrogens (tertiary/aromatic N) is 1. The number of fused-ring (bicyclic) bond motifs is 1. The maximum Gasteiger partial charge on any atom is 0.254 e. The Kier molecular flexibility index (Phi) is 3.29. The van der Waals surface area contributed by atoms with E-state index in [4.69, 9.17) is 0 Å². The van der Waals surface area contributed by atoms with E-state index in [0.29, 0.717) is 23.2 Å². The molecule has 0 saturated carbocycles.